The first-order valence-electron chi connectivity index (χ1n) is 6.63. The van der Waals surface area contributed by atoms with E-state index in [0.29, 0.717) is 22.5 Å². The second kappa shape index (κ2) is 7.17. The molecule has 0 radical (unpaired) electrons. The van der Waals surface area contributed by atoms with E-state index in [4.69, 9.17) is 15.2 Å². The molecular formula is C14H18N4O3S. The van der Waals surface area contributed by atoms with Gasteiger partial charge in [0.15, 0.2) is 28.6 Å². The van der Waals surface area contributed by atoms with Crippen LogP contribution >= 0.6 is 11.8 Å². The molecule has 0 aliphatic rings. The van der Waals surface area contributed by atoms with Crippen LogP contribution in [0, 0.1) is 0 Å². The van der Waals surface area contributed by atoms with Crippen molar-refractivity contribution in [2.24, 2.45) is 12.8 Å². The molecule has 0 bridgehead atoms. The second-order valence-corrected chi connectivity index (χ2v) is 5.51. The minimum atomic E-state index is -0.395. The lowest BCUT2D eigenvalue weighted by Crippen LogP contribution is -2.14. The average Bonchev–Trinajstić information content (AvgIpc) is 2.86. The van der Waals surface area contributed by atoms with Crippen LogP contribution in [0.25, 0.3) is 0 Å². The summed E-state index contributed by atoms with van der Waals surface area (Å²) in [7, 11) is 3.41. The first-order valence-corrected chi connectivity index (χ1v) is 7.61. The summed E-state index contributed by atoms with van der Waals surface area (Å²) in [5.41, 5.74) is 5.14. The van der Waals surface area contributed by atoms with Crippen molar-refractivity contribution in [3.05, 3.63) is 30.1 Å². The first kappa shape index (κ1) is 16.2. The van der Waals surface area contributed by atoms with Gasteiger partial charge in [-0.25, -0.2) is 0 Å². The van der Waals surface area contributed by atoms with Crippen molar-refractivity contribution in [2.45, 2.75) is 18.2 Å². The Morgan fingerprint density at radius 2 is 2.05 bits per heavy atom. The molecule has 0 aliphatic carbocycles. The Bertz CT molecular complexity index is 659. The lowest BCUT2D eigenvalue weighted by atomic mass is 10.3. The Balaban J connectivity index is 2.13. The Labute approximate surface area is 132 Å². The van der Waals surface area contributed by atoms with Crippen LogP contribution in [0.5, 0.6) is 11.5 Å². The van der Waals surface area contributed by atoms with Crippen LogP contribution in [0.2, 0.25) is 0 Å². The number of thioether (sulfide) groups is 1. The number of hydrogen-bond donors (Lipinski definition) is 1. The molecule has 1 aromatic heterocycles. The number of carbonyl (C=O) groups excluding carboxylic acids is 1. The summed E-state index contributed by atoms with van der Waals surface area (Å²) in [6.45, 7) is 1.87. The molecule has 8 heteroatoms. The predicted octanol–water partition coefficient (Wildman–Crippen LogP) is 1.54. The summed E-state index contributed by atoms with van der Waals surface area (Å²) in [6, 6.07) is 7.40. The van der Waals surface area contributed by atoms with E-state index in [-0.39, 0.29) is 11.9 Å². The maximum Gasteiger partial charge on any atom is 0.227 e. The van der Waals surface area contributed by atoms with Crippen molar-refractivity contribution in [2.75, 3.05) is 12.9 Å². The number of aromatic nitrogens is 3. The lowest BCUT2D eigenvalue weighted by molar-refractivity contribution is -0.115. The monoisotopic (exact) mass is 322 g/mol. The van der Waals surface area contributed by atoms with Gasteiger partial charge in [-0.3, -0.25) is 4.79 Å². The maximum absolute atomic E-state index is 10.8. The minimum absolute atomic E-state index is 0.160. The number of ether oxygens (including phenoxy) is 2. The molecule has 1 unspecified atom stereocenters. The van der Waals surface area contributed by atoms with E-state index in [1.165, 1.54) is 11.8 Å². The van der Waals surface area contributed by atoms with Crippen molar-refractivity contribution in [3.63, 3.8) is 0 Å². The van der Waals surface area contributed by atoms with Gasteiger partial charge in [-0.15, -0.1) is 10.2 Å². The molecule has 2 rings (SSSR count). The Morgan fingerprint density at radius 1 is 1.36 bits per heavy atom. The van der Waals surface area contributed by atoms with Crippen LogP contribution in [0.4, 0.5) is 0 Å². The zero-order valence-electron chi connectivity index (χ0n) is 12.6. The van der Waals surface area contributed by atoms with Crippen LogP contribution in [-0.2, 0) is 11.8 Å². The van der Waals surface area contributed by atoms with Crippen LogP contribution in [0.3, 0.4) is 0 Å². The topological polar surface area (TPSA) is 92.3 Å². The van der Waals surface area contributed by atoms with Gasteiger partial charge in [0.05, 0.1) is 12.9 Å². The SMILES string of the molecule is COc1ccccc1OC(C)c1nnc(SCC(N)=O)n1C. The Hall–Kier alpha value is -2.22. The molecule has 2 N–H and O–H groups in total. The lowest BCUT2D eigenvalue weighted by Gasteiger charge is -2.16. The minimum Gasteiger partial charge on any atom is -0.493 e. The van der Waals surface area contributed by atoms with Crippen molar-refractivity contribution in [1.29, 1.82) is 0 Å². The summed E-state index contributed by atoms with van der Waals surface area (Å²) in [6.07, 6.45) is -0.322. The van der Waals surface area contributed by atoms with Gasteiger partial charge in [-0.05, 0) is 19.1 Å². The number of amides is 1. The largest absolute Gasteiger partial charge is 0.493 e. The van der Waals surface area contributed by atoms with E-state index in [0.717, 1.165) is 0 Å². The zero-order chi connectivity index (χ0) is 16.1. The summed E-state index contributed by atoms with van der Waals surface area (Å²) in [5.74, 6) is 1.70. The van der Waals surface area contributed by atoms with Gasteiger partial charge in [0.25, 0.3) is 0 Å². The molecule has 1 atom stereocenters. The van der Waals surface area contributed by atoms with Crippen molar-refractivity contribution in [3.8, 4) is 11.5 Å². The average molecular weight is 322 g/mol. The summed E-state index contributed by atoms with van der Waals surface area (Å²) < 4.78 is 12.9. The highest BCUT2D eigenvalue weighted by atomic mass is 32.2. The van der Waals surface area contributed by atoms with Gasteiger partial charge >= 0.3 is 0 Å². The van der Waals surface area contributed by atoms with Gasteiger partial charge < -0.3 is 19.8 Å². The quantitative estimate of drug-likeness (QED) is 0.777. The number of para-hydroxylation sites is 2. The van der Waals surface area contributed by atoms with Gasteiger partial charge in [0.2, 0.25) is 5.91 Å². The van der Waals surface area contributed by atoms with Crippen LogP contribution < -0.4 is 15.2 Å². The molecule has 0 spiro atoms. The molecule has 1 amide bonds. The molecule has 0 saturated heterocycles. The van der Waals surface area contributed by atoms with E-state index < -0.39 is 5.91 Å². The van der Waals surface area contributed by atoms with Crippen molar-refractivity contribution >= 4 is 17.7 Å². The fraction of sp³-hybridized carbons (Fsp3) is 0.357. The number of nitrogens with zero attached hydrogens (tertiary/aromatic N) is 3. The number of carbonyl (C=O) groups is 1. The van der Waals surface area contributed by atoms with E-state index in [2.05, 4.69) is 10.2 Å². The molecule has 7 nitrogen and oxygen atoms in total. The highest BCUT2D eigenvalue weighted by Gasteiger charge is 2.18. The Kier molecular flexibility index (Phi) is 5.26. The fourth-order valence-electron chi connectivity index (χ4n) is 1.90. The number of methoxy groups -OCH3 is 1. The molecule has 22 heavy (non-hydrogen) atoms. The maximum atomic E-state index is 10.8. The zero-order valence-corrected chi connectivity index (χ0v) is 13.5. The third-order valence-electron chi connectivity index (χ3n) is 2.95. The third kappa shape index (κ3) is 3.70. The molecule has 0 fully saturated rings. The molecule has 2 aromatic rings. The highest BCUT2D eigenvalue weighted by Crippen LogP contribution is 2.30. The number of nitrogens with two attached hydrogens (primary N) is 1. The molecule has 118 valence electrons. The van der Waals surface area contributed by atoms with Crippen LogP contribution in [0.15, 0.2) is 29.4 Å². The van der Waals surface area contributed by atoms with Gasteiger partial charge in [-0.2, -0.15) is 0 Å². The molecule has 1 aromatic carbocycles. The standard InChI is InChI=1S/C14H18N4O3S/c1-9(21-11-7-5-4-6-10(11)20-3)13-16-17-14(18(13)2)22-8-12(15)19/h4-7,9H,8H2,1-3H3,(H2,15,19). The summed E-state index contributed by atoms with van der Waals surface area (Å²) >= 11 is 1.24. The smallest absolute Gasteiger partial charge is 0.227 e. The van der Waals surface area contributed by atoms with Gasteiger partial charge in [0.1, 0.15) is 0 Å². The van der Waals surface area contributed by atoms with Crippen molar-refractivity contribution < 1.29 is 14.3 Å². The van der Waals surface area contributed by atoms with E-state index in [9.17, 15) is 4.79 Å². The van der Waals surface area contributed by atoms with E-state index in [1.54, 1.807) is 11.7 Å². The highest BCUT2D eigenvalue weighted by molar-refractivity contribution is 7.99. The Morgan fingerprint density at radius 3 is 2.68 bits per heavy atom. The van der Waals surface area contributed by atoms with E-state index in [1.807, 2.05) is 38.2 Å². The predicted molar refractivity (Wildman–Crippen MR) is 83.0 cm³/mol. The molecular weight excluding hydrogens is 304 g/mol. The van der Waals surface area contributed by atoms with Gasteiger partial charge in [0, 0.05) is 7.05 Å². The fourth-order valence-corrected chi connectivity index (χ4v) is 2.56. The summed E-state index contributed by atoms with van der Waals surface area (Å²) in [4.78, 5) is 10.8. The number of hydrogen-bond acceptors (Lipinski definition) is 6. The number of rotatable bonds is 7. The molecule has 1 heterocycles. The van der Waals surface area contributed by atoms with E-state index >= 15 is 0 Å². The summed E-state index contributed by atoms with van der Waals surface area (Å²) in [5, 5.41) is 8.78. The second-order valence-electron chi connectivity index (χ2n) is 4.57. The number of benzene rings is 1. The third-order valence-corrected chi connectivity index (χ3v) is 3.99. The van der Waals surface area contributed by atoms with Gasteiger partial charge in [-0.1, -0.05) is 23.9 Å². The first-order chi connectivity index (χ1) is 10.5. The normalized spacial score (nSPS) is 12.0. The molecule has 0 saturated carbocycles. The number of primary amides is 1. The molecule has 0 aliphatic heterocycles. The van der Waals surface area contributed by atoms with Crippen molar-refractivity contribution in [1.82, 2.24) is 14.8 Å². The van der Waals surface area contributed by atoms with Crippen LogP contribution in [0.1, 0.15) is 18.9 Å². The van der Waals surface area contributed by atoms with Crippen LogP contribution in [-0.4, -0.2) is 33.5 Å².